The minimum absolute atomic E-state index is 0.0413. The van der Waals surface area contributed by atoms with Gasteiger partial charge in [0.05, 0.1) is 22.5 Å². The van der Waals surface area contributed by atoms with Gasteiger partial charge in [-0.2, -0.15) is 14.8 Å². The SMILES string of the molecule is N#Cc1ccc2c(c1)c(=O)[nH]c1nc(C(=O)O)nn12. The Morgan fingerprint density at radius 3 is 2.95 bits per heavy atom. The summed E-state index contributed by atoms with van der Waals surface area (Å²) < 4.78 is 1.22. The number of rotatable bonds is 1. The van der Waals surface area contributed by atoms with Crippen LogP contribution in [-0.2, 0) is 0 Å². The van der Waals surface area contributed by atoms with E-state index < -0.39 is 17.4 Å². The summed E-state index contributed by atoms with van der Waals surface area (Å²) in [4.78, 5) is 28.8. The highest BCUT2D eigenvalue weighted by molar-refractivity contribution is 5.85. The van der Waals surface area contributed by atoms with E-state index in [9.17, 15) is 9.59 Å². The lowest BCUT2D eigenvalue weighted by atomic mass is 10.2. The Labute approximate surface area is 104 Å². The molecule has 3 rings (SSSR count). The van der Waals surface area contributed by atoms with Gasteiger partial charge in [-0.15, -0.1) is 5.10 Å². The lowest BCUT2D eigenvalue weighted by molar-refractivity contribution is 0.0684. The molecule has 8 nitrogen and oxygen atoms in total. The third kappa shape index (κ3) is 1.53. The molecule has 0 saturated carbocycles. The maximum Gasteiger partial charge on any atom is 0.375 e. The fourth-order valence-electron chi connectivity index (χ4n) is 1.79. The van der Waals surface area contributed by atoms with Crippen LogP contribution in [0.4, 0.5) is 0 Å². The van der Waals surface area contributed by atoms with Gasteiger partial charge in [0.25, 0.3) is 11.4 Å². The number of benzene rings is 1. The number of aromatic nitrogens is 4. The molecule has 2 N–H and O–H groups in total. The van der Waals surface area contributed by atoms with E-state index in [0.717, 1.165) is 0 Å². The monoisotopic (exact) mass is 255 g/mol. The molecule has 2 heterocycles. The number of fused-ring (bicyclic) bond motifs is 3. The molecule has 0 aliphatic rings. The average Bonchev–Trinajstić information content (AvgIpc) is 2.82. The molecule has 0 fully saturated rings. The molecule has 0 radical (unpaired) electrons. The molecule has 0 unspecified atom stereocenters. The number of hydrogen-bond donors (Lipinski definition) is 2. The first-order chi connectivity index (χ1) is 9.10. The fourth-order valence-corrected chi connectivity index (χ4v) is 1.79. The molecule has 0 aliphatic heterocycles. The first kappa shape index (κ1) is 10.9. The first-order valence-corrected chi connectivity index (χ1v) is 5.16. The van der Waals surface area contributed by atoms with Crippen molar-refractivity contribution >= 4 is 22.6 Å². The topological polar surface area (TPSA) is 124 Å². The molecule has 0 saturated heterocycles. The van der Waals surface area contributed by atoms with Crippen LogP contribution in [0.25, 0.3) is 16.7 Å². The second-order valence-electron chi connectivity index (χ2n) is 3.77. The van der Waals surface area contributed by atoms with Gasteiger partial charge in [-0.1, -0.05) is 0 Å². The van der Waals surface area contributed by atoms with Crippen molar-refractivity contribution in [3.8, 4) is 6.07 Å². The summed E-state index contributed by atoms with van der Waals surface area (Å²) in [5, 5.41) is 21.7. The summed E-state index contributed by atoms with van der Waals surface area (Å²) >= 11 is 0. The summed E-state index contributed by atoms with van der Waals surface area (Å²) in [7, 11) is 0. The van der Waals surface area contributed by atoms with Crippen molar-refractivity contribution in [3.63, 3.8) is 0 Å². The molecule has 0 spiro atoms. The van der Waals surface area contributed by atoms with E-state index in [2.05, 4.69) is 15.1 Å². The largest absolute Gasteiger partial charge is 0.475 e. The molecule has 19 heavy (non-hydrogen) atoms. The van der Waals surface area contributed by atoms with Gasteiger partial charge in [0.15, 0.2) is 0 Å². The van der Waals surface area contributed by atoms with Crippen LogP contribution in [-0.4, -0.2) is 30.7 Å². The molecule has 0 bridgehead atoms. The van der Waals surface area contributed by atoms with Crippen molar-refractivity contribution in [1.82, 2.24) is 19.6 Å². The number of carboxylic acids is 1. The van der Waals surface area contributed by atoms with Gasteiger partial charge in [-0.05, 0) is 18.2 Å². The van der Waals surface area contributed by atoms with Crippen molar-refractivity contribution in [2.24, 2.45) is 0 Å². The van der Waals surface area contributed by atoms with Crippen LogP contribution >= 0.6 is 0 Å². The molecule has 0 atom stereocenters. The van der Waals surface area contributed by atoms with Crippen LogP contribution in [0.15, 0.2) is 23.0 Å². The Balaban J connectivity index is 2.49. The summed E-state index contributed by atoms with van der Waals surface area (Å²) in [5.74, 6) is -1.65. The van der Waals surface area contributed by atoms with Crippen LogP contribution in [0, 0.1) is 11.3 Å². The normalized spacial score (nSPS) is 10.7. The molecule has 0 amide bonds. The quantitative estimate of drug-likeness (QED) is 0.637. The van der Waals surface area contributed by atoms with Gasteiger partial charge >= 0.3 is 5.97 Å². The molecular formula is C11H5N5O3. The highest BCUT2D eigenvalue weighted by Gasteiger charge is 2.14. The summed E-state index contributed by atoms with van der Waals surface area (Å²) in [5.41, 5.74) is 0.262. The molecular weight excluding hydrogens is 250 g/mol. The fraction of sp³-hybridized carbons (Fsp3) is 0. The maximum absolute atomic E-state index is 11.8. The van der Waals surface area contributed by atoms with Gasteiger partial charge in [-0.25, -0.2) is 4.79 Å². The number of carboxylic acid groups (broad SMARTS) is 1. The zero-order chi connectivity index (χ0) is 13.6. The molecule has 2 aromatic heterocycles. The average molecular weight is 255 g/mol. The van der Waals surface area contributed by atoms with Crippen LogP contribution in [0.5, 0.6) is 0 Å². The standard InChI is InChI=1S/C11H5N5O3/c12-4-5-1-2-7-6(3-5)9(17)14-11-13-8(10(18)19)15-16(7)11/h1-3H,(H,18,19)(H,13,14,15,17). The molecule has 0 aliphatic carbocycles. The van der Waals surface area contributed by atoms with Crippen molar-refractivity contribution in [1.29, 1.82) is 5.26 Å². The maximum atomic E-state index is 11.8. The number of nitriles is 1. The number of aromatic amines is 1. The van der Waals surface area contributed by atoms with Crippen LogP contribution in [0.3, 0.4) is 0 Å². The van der Waals surface area contributed by atoms with E-state index in [0.29, 0.717) is 11.1 Å². The number of H-pyrrole nitrogens is 1. The minimum Gasteiger partial charge on any atom is -0.475 e. The molecule has 8 heteroatoms. The van der Waals surface area contributed by atoms with E-state index in [4.69, 9.17) is 10.4 Å². The molecule has 1 aromatic carbocycles. The second kappa shape index (κ2) is 3.64. The van der Waals surface area contributed by atoms with E-state index in [-0.39, 0.29) is 11.2 Å². The van der Waals surface area contributed by atoms with Gasteiger partial charge in [0, 0.05) is 0 Å². The Hall–Kier alpha value is -3.21. The zero-order valence-electron chi connectivity index (χ0n) is 9.28. The Kier molecular flexibility index (Phi) is 2.09. The number of hydrogen-bond acceptors (Lipinski definition) is 5. The van der Waals surface area contributed by atoms with E-state index in [1.54, 1.807) is 0 Å². The van der Waals surface area contributed by atoms with Crippen LogP contribution < -0.4 is 5.56 Å². The highest BCUT2D eigenvalue weighted by Crippen LogP contribution is 2.12. The van der Waals surface area contributed by atoms with E-state index >= 15 is 0 Å². The summed E-state index contributed by atoms with van der Waals surface area (Å²) in [6.07, 6.45) is 0. The summed E-state index contributed by atoms with van der Waals surface area (Å²) in [6, 6.07) is 6.38. The third-order valence-corrected chi connectivity index (χ3v) is 2.62. The van der Waals surface area contributed by atoms with E-state index in [1.165, 1.54) is 22.7 Å². The predicted molar refractivity (Wildman–Crippen MR) is 62.8 cm³/mol. The second-order valence-corrected chi connectivity index (χ2v) is 3.77. The van der Waals surface area contributed by atoms with Crippen molar-refractivity contribution < 1.29 is 9.90 Å². The lowest BCUT2D eigenvalue weighted by Gasteiger charge is -1.99. The number of aromatic carboxylic acids is 1. The van der Waals surface area contributed by atoms with Crippen LogP contribution in [0.2, 0.25) is 0 Å². The minimum atomic E-state index is -1.29. The Bertz CT molecular complexity index is 931. The van der Waals surface area contributed by atoms with Crippen molar-refractivity contribution in [3.05, 3.63) is 39.9 Å². The third-order valence-electron chi connectivity index (χ3n) is 2.62. The zero-order valence-corrected chi connectivity index (χ0v) is 9.28. The lowest BCUT2D eigenvalue weighted by Crippen LogP contribution is -2.10. The molecule has 3 aromatic rings. The van der Waals surface area contributed by atoms with Gasteiger partial charge in [-0.3, -0.25) is 9.78 Å². The number of nitrogens with zero attached hydrogens (tertiary/aromatic N) is 4. The van der Waals surface area contributed by atoms with Gasteiger partial charge < -0.3 is 5.11 Å². The van der Waals surface area contributed by atoms with E-state index in [1.807, 2.05) is 6.07 Å². The van der Waals surface area contributed by atoms with Crippen LogP contribution in [0.1, 0.15) is 16.2 Å². The Morgan fingerprint density at radius 2 is 2.26 bits per heavy atom. The highest BCUT2D eigenvalue weighted by atomic mass is 16.4. The predicted octanol–water partition coefficient (Wildman–Crippen LogP) is 0.141. The smallest absolute Gasteiger partial charge is 0.375 e. The molecule has 92 valence electrons. The van der Waals surface area contributed by atoms with Gasteiger partial charge in [0.1, 0.15) is 0 Å². The first-order valence-electron chi connectivity index (χ1n) is 5.16. The Morgan fingerprint density at radius 1 is 1.47 bits per heavy atom. The summed E-state index contributed by atoms with van der Waals surface area (Å²) in [6.45, 7) is 0. The number of nitrogens with one attached hydrogen (secondary N) is 1. The number of carbonyl (C=O) groups is 1. The van der Waals surface area contributed by atoms with Crippen molar-refractivity contribution in [2.75, 3.05) is 0 Å². The van der Waals surface area contributed by atoms with Gasteiger partial charge in [0.2, 0.25) is 5.78 Å². The van der Waals surface area contributed by atoms with Crippen molar-refractivity contribution in [2.45, 2.75) is 0 Å².